The van der Waals surface area contributed by atoms with Crippen LogP contribution in [0, 0.1) is 0 Å². The van der Waals surface area contributed by atoms with Crippen LogP contribution in [0.3, 0.4) is 0 Å². The van der Waals surface area contributed by atoms with E-state index in [1.54, 1.807) is 17.1 Å². The largest absolute Gasteiger partial charge is 0.383 e. The maximum atomic E-state index is 10.9. The highest BCUT2D eigenvalue weighted by molar-refractivity contribution is 7.71. The number of hydrogen-bond donors (Lipinski definition) is 2. The lowest BCUT2D eigenvalue weighted by Crippen LogP contribution is -1.97. The molecule has 0 saturated heterocycles. The second-order valence-corrected chi connectivity index (χ2v) is 7.32. The molecule has 0 unspecified atom stereocenters. The normalized spacial score (nSPS) is 11.0. The van der Waals surface area contributed by atoms with Gasteiger partial charge in [0.25, 0.3) is 0 Å². The molecule has 28 heavy (non-hydrogen) atoms. The minimum Gasteiger partial charge on any atom is -0.383 e. The molecule has 0 fully saturated rings. The molecular formula is C21H18N4O2S. The van der Waals surface area contributed by atoms with Crippen molar-refractivity contribution in [3.63, 3.8) is 0 Å². The molecule has 7 heteroatoms. The van der Waals surface area contributed by atoms with Gasteiger partial charge in [0.05, 0.1) is 11.4 Å². The van der Waals surface area contributed by atoms with E-state index >= 15 is 0 Å². The SMILES string of the molecule is Nc1ncc(-c2ccc(C[SH](=O)=O)cc2)cc1-c1ccc(-n2cccn2)cc1. The summed E-state index contributed by atoms with van der Waals surface area (Å²) in [6.45, 7) is 0. The standard InChI is InChI=1S/C21H18N4O2S/c22-21-20(17-6-8-19(9-7-17)25-11-1-10-24-25)12-18(13-23-21)16-4-2-15(3-5-16)14-28(26)27/h1-13,28H,14H2,(H2,22,23). The van der Waals surface area contributed by atoms with Crippen LogP contribution in [-0.4, -0.2) is 23.2 Å². The Morgan fingerprint density at radius 1 is 0.929 bits per heavy atom. The molecule has 2 aromatic carbocycles. The lowest BCUT2D eigenvalue weighted by molar-refractivity contribution is 0.614. The van der Waals surface area contributed by atoms with Crippen LogP contribution >= 0.6 is 0 Å². The zero-order valence-electron chi connectivity index (χ0n) is 14.9. The van der Waals surface area contributed by atoms with Gasteiger partial charge in [0.2, 0.25) is 0 Å². The molecule has 4 aromatic rings. The zero-order valence-corrected chi connectivity index (χ0v) is 15.8. The molecule has 140 valence electrons. The fourth-order valence-corrected chi connectivity index (χ4v) is 3.54. The molecule has 0 bridgehead atoms. The van der Waals surface area contributed by atoms with Crippen LogP contribution in [0.25, 0.3) is 27.9 Å². The van der Waals surface area contributed by atoms with Gasteiger partial charge in [-0.15, -0.1) is 0 Å². The van der Waals surface area contributed by atoms with Gasteiger partial charge in [0.15, 0.2) is 0 Å². The third-order valence-corrected chi connectivity index (χ3v) is 5.09. The molecule has 4 rings (SSSR count). The second kappa shape index (κ2) is 7.66. The summed E-state index contributed by atoms with van der Waals surface area (Å²) in [5.41, 5.74) is 11.5. The van der Waals surface area contributed by atoms with Crippen molar-refractivity contribution in [1.29, 1.82) is 0 Å². The van der Waals surface area contributed by atoms with Gasteiger partial charge in [-0.2, -0.15) is 5.10 Å². The summed E-state index contributed by atoms with van der Waals surface area (Å²) in [6, 6.07) is 19.2. The highest BCUT2D eigenvalue weighted by Gasteiger charge is 2.08. The Bertz CT molecular complexity index is 1160. The summed E-state index contributed by atoms with van der Waals surface area (Å²) in [5.74, 6) is 0.499. The van der Waals surface area contributed by atoms with E-state index in [2.05, 4.69) is 10.1 Å². The number of thiol groups is 1. The fourth-order valence-electron chi connectivity index (χ4n) is 3.03. The van der Waals surface area contributed by atoms with Crippen molar-refractivity contribution >= 4 is 16.5 Å². The molecule has 0 saturated carbocycles. The van der Waals surface area contributed by atoms with Crippen molar-refractivity contribution in [2.24, 2.45) is 0 Å². The summed E-state index contributed by atoms with van der Waals surface area (Å²) in [6.07, 6.45) is 5.35. The van der Waals surface area contributed by atoms with Crippen LogP contribution in [-0.2, 0) is 16.5 Å². The maximum Gasteiger partial charge on any atom is 0.144 e. The van der Waals surface area contributed by atoms with Gasteiger partial charge in [0, 0.05) is 29.7 Å². The van der Waals surface area contributed by atoms with E-state index in [4.69, 9.17) is 5.73 Å². The minimum absolute atomic E-state index is 0.0451. The molecule has 0 spiro atoms. The monoisotopic (exact) mass is 390 g/mol. The van der Waals surface area contributed by atoms with Crippen LogP contribution in [0.4, 0.5) is 5.82 Å². The van der Waals surface area contributed by atoms with E-state index in [9.17, 15) is 8.42 Å². The number of nitrogens with zero attached hydrogens (tertiary/aromatic N) is 3. The van der Waals surface area contributed by atoms with Crippen LogP contribution in [0.15, 0.2) is 79.3 Å². The quantitative estimate of drug-likeness (QED) is 0.510. The van der Waals surface area contributed by atoms with Crippen molar-refractivity contribution in [3.05, 3.63) is 84.8 Å². The summed E-state index contributed by atoms with van der Waals surface area (Å²) < 4.78 is 23.5. The second-order valence-electron chi connectivity index (χ2n) is 6.34. The summed E-state index contributed by atoms with van der Waals surface area (Å²) in [7, 11) is -2.43. The Morgan fingerprint density at radius 3 is 2.29 bits per heavy atom. The zero-order chi connectivity index (χ0) is 19.5. The van der Waals surface area contributed by atoms with Gasteiger partial charge in [-0.3, -0.25) is 0 Å². The molecule has 0 aliphatic heterocycles. The molecule has 0 aliphatic rings. The minimum atomic E-state index is -2.43. The van der Waals surface area contributed by atoms with Gasteiger partial charge in [-0.25, -0.2) is 18.1 Å². The van der Waals surface area contributed by atoms with E-state index in [0.717, 1.165) is 33.5 Å². The predicted molar refractivity (Wildman–Crippen MR) is 111 cm³/mol. The van der Waals surface area contributed by atoms with E-state index < -0.39 is 10.7 Å². The van der Waals surface area contributed by atoms with Crippen molar-refractivity contribution in [3.8, 4) is 27.9 Å². The van der Waals surface area contributed by atoms with E-state index in [1.165, 1.54) is 0 Å². The lowest BCUT2D eigenvalue weighted by atomic mass is 10.0. The van der Waals surface area contributed by atoms with Crippen molar-refractivity contribution in [1.82, 2.24) is 14.8 Å². The summed E-state index contributed by atoms with van der Waals surface area (Å²) >= 11 is 0. The third-order valence-electron chi connectivity index (χ3n) is 4.46. The number of benzene rings is 2. The first-order chi connectivity index (χ1) is 13.6. The Hall–Kier alpha value is -3.45. The first kappa shape index (κ1) is 17.9. The number of anilines is 1. The van der Waals surface area contributed by atoms with Gasteiger partial charge in [-0.1, -0.05) is 36.4 Å². The van der Waals surface area contributed by atoms with Crippen LogP contribution in [0.2, 0.25) is 0 Å². The molecule has 0 amide bonds. The highest BCUT2D eigenvalue weighted by atomic mass is 32.2. The third kappa shape index (κ3) is 3.79. The van der Waals surface area contributed by atoms with Gasteiger partial charge in [-0.05, 0) is 41.0 Å². The predicted octanol–water partition coefficient (Wildman–Crippen LogP) is 3.29. The van der Waals surface area contributed by atoms with Crippen molar-refractivity contribution in [2.75, 3.05) is 5.73 Å². The van der Waals surface area contributed by atoms with Gasteiger partial charge >= 0.3 is 0 Å². The van der Waals surface area contributed by atoms with Crippen LogP contribution < -0.4 is 5.73 Å². The molecule has 0 atom stereocenters. The van der Waals surface area contributed by atoms with Crippen LogP contribution in [0.1, 0.15) is 5.56 Å². The topological polar surface area (TPSA) is 90.9 Å². The molecule has 0 radical (unpaired) electrons. The number of nitrogens with two attached hydrogens (primary N) is 1. The Labute approximate surface area is 164 Å². The smallest absolute Gasteiger partial charge is 0.144 e. The molecule has 2 heterocycles. The molecule has 2 aromatic heterocycles. The molecule has 6 nitrogen and oxygen atoms in total. The van der Waals surface area contributed by atoms with Crippen molar-refractivity contribution < 1.29 is 8.42 Å². The van der Waals surface area contributed by atoms with E-state index in [0.29, 0.717) is 5.82 Å². The first-order valence-electron chi connectivity index (χ1n) is 8.67. The molecule has 2 N–H and O–H groups in total. The van der Waals surface area contributed by atoms with Crippen LogP contribution in [0.5, 0.6) is 0 Å². The summed E-state index contributed by atoms with van der Waals surface area (Å²) in [5, 5.41) is 4.23. The number of pyridine rings is 1. The Kier molecular flexibility index (Phi) is 4.90. The van der Waals surface area contributed by atoms with E-state index in [1.807, 2.05) is 66.9 Å². The first-order valence-corrected chi connectivity index (χ1v) is 10.0. The molecular weight excluding hydrogens is 372 g/mol. The lowest BCUT2D eigenvalue weighted by Gasteiger charge is -2.10. The van der Waals surface area contributed by atoms with Crippen molar-refractivity contribution in [2.45, 2.75) is 5.75 Å². The number of nitrogen functional groups attached to an aromatic ring is 1. The number of aromatic nitrogens is 3. The highest BCUT2D eigenvalue weighted by Crippen LogP contribution is 2.30. The van der Waals surface area contributed by atoms with Gasteiger partial charge < -0.3 is 5.73 Å². The molecule has 0 aliphatic carbocycles. The maximum absolute atomic E-state index is 10.9. The Balaban J connectivity index is 1.65. The number of rotatable bonds is 5. The Morgan fingerprint density at radius 2 is 1.64 bits per heavy atom. The summed E-state index contributed by atoms with van der Waals surface area (Å²) in [4.78, 5) is 4.34. The average molecular weight is 390 g/mol. The van der Waals surface area contributed by atoms with E-state index in [-0.39, 0.29) is 5.75 Å². The average Bonchev–Trinajstić information content (AvgIpc) is 3.24. The number of hydrogen-bond acceptors (Lipinski definition) is 5. The fraction of sp³-hybridized carbons (Fsp3) is 0.0476. The van der Waals surface area contributed by atoms with Gasteiger partial charge in [0.1, 0.15) is 16.5 Å².